The lowest BCUT2D eigenvalue weighted by Crippen LogP contribution is -2.55. The third kappa shape index (κ3) is 23.0. The summed E-state index contributed by atoms with van der Waals surface area (Å²) in [7, 11) is -4.42. The van der Waals surface area contributed by atoms with Crippen LogP contribution in [0.1, 0.15) is 156 Å². The van der Waals surface area contributed by atoms with E-state index in [1.807, 2.05) is 0 Å². The van der Waals surface area contributed by atoms with E-state index in [1.165, 1.54) is 116 Å². The number of aliphatic hydroxyl groups excluding tert-OH is 1. The number of quaternary nitrogens is 1. The molecule has 0 saturated heterocycles. The largest absolute Gasteiger partial charge is 0.748 e. The Morgan fingerprint density at radius 2 is 0.833 bits per heavy atom. The van der Waals surface area contributed by atoms with Gasteiger partial charge >= 0.3 is 0 Å². The molecule has 6 heteroatoms. The minimum absolute atomic E-state index is 0.406. The molecule has 0 rings (SSSR count). The van der Waals surface area contributed by atoms with Gasteiger partial charge in [0.25, 0.3) is 0 Å². The zero-order chi connectivity index (χ0) is 27.0. The summed E-state index contributed by atoms with van der Waals surface area (Å²) in [4.78, 5) is 0. The Morgan fingerprint density at radius 1 is 0.556 bits per heavy atom. The van der Waals surface area contributed by atoms with E-state index in [4.69, 9.17) is 0 Å². The first-order chi connectivity index (χ1) is 17.3. The highest BCUT2D eigenvalue weighted by Gasteiger charge is 2.30. The first-order valence-corrected chi connectivity index (χ1v) is 17.3. The van der Waals surface area contributed by atoms with E-state index in [0.717, 1.165) is 43.4 Å². The Bertz CT molecular complexity index is 522. The van der Waals surface area contributed by atoms with Gasteiger partial charge in [0, 0.05) is 0 Å². The molecule has 0 aliphatic carbocycles. The van der Waals surface area contributed by atoms with E-state index in [2.05, 4.69) is 20.8 Å². The zero-order valence-electron chi connectivity index (χ0n) is 24.5. The van der Waals surface area contributed by atoms with Crippen LogP contribution in [0.2, 0.25) is 0 Å². The Kier molecular flexibility index (Phi) is 23.8. The molecular weight excluding hydrogens is 470 g/mol. The maximum atomic E-state index is 11.4. The van der Waals surface area contributed by atoms with Crippen LogP contribution in [0.5, 0.6) is 0 Å². The van der Waals surface area contributed by atoms with Gasteiger partial charge in [-0.3, -0.25) is 0 Å². The summed E-state index contributed by atoms with van der Waals surface area (Å²) in [6.45, 7) is 10.1. The molecule has 5 nitrogen and oxygen atoms in total. The van der Waals surface area contributed by atoms with Crippen LogP contribution in [0.3, 0.4) is 0 Å². The molecule has 0 saturated carbocycles. The highest BCUT2D eigenvalue weighted by Crippen LogP contribution is 2.20. The predicted octanol–water partition coefficient (Wildman–Crippen LogP) is 7.96. The Hall–Kier alpha value is -0.170. The normalized spacial score (nSPS) is 13.4. The second kappa shape index (κ2) is 23.9. The van der Waals surface area contributed by atoms with E-state index < -0.39 is 22.0 Å². The molecular formula is C30H63NO4S. The lowest BCUT2D eigenvalue weighted by Gasteiger charge is -2.41. The van der Waals surface area contributed by atoms with Crippen LogP contribution in [0.15, 0.2) is 0 Å². The smallest absolute Gasteiger partial charge is 0.116 e. The van der Waals surface area contributed by atoms with E-state index in [-0.39, 0.29) is 0 Å². The van der Waals surface area contributed by atoms with Gasteiger partial charge in [-0.25, -0.2) is 8.42 Å². The van der Waals surface area contributed by atoms with Crippen molar-refractivity contribution in [3.63, 3.8) is 0 Å². The number of hydrogen-bond donors (Lipinski definition) is 1. The maximum Gasteiger partial charge on any atom is 0.116 e. The average molecular weight is 534 g/mol. The topological polar surface area (TPSA) is 77.4 Å². The fraction of sp³-hybridized carbons (Fsp3) is 1.00. The summed E-state index contributed by atoms with van der Waals surface area (Å²) in [5.41, 5.74) is 0. The molecule has 0 aromatic carbocycles. The molecule has 36 heavy (non-hydrogen) atoms. The van der Waals surface area contributed by atoms with Gasteiger partial charge in [-0.2, -0.15) is 0 Å². The highest BCUT2D eigenvalue weighted by molar-refractivity contribution is 7.85. The van der Waals surface area contributed by atoms with Crippen molar-refractivity contribution in [2.24, 2.45) is 0 Å². The van der Waals surface area contributed by atoms with Gasteiger partial charge in [-0.05, 0) is 38.5 Å². The lowest BCUT2D eigenvalue weighted by atomic mass is 10.0. The first kappa shape index (κ1) is 35.8. The van der Waals surface area contributed by atoms with Crippen molar-refractivity contribution in [2.45, 2.75) is 162 Å². The third-order valence-corrected chi connectivity index (χ3v) is 8.50. The SMILES string of the molecule is CCCCCCCCC[N+](CCCCCCCCC)(CCCCCCCCC)CC(O)CS(=O)(=O)[O-]. The van der Waals surface area contributed by atoms with Gasteiger partial charge in [0.1, 0.15) is 12.6 Å². The Morgan fingerprint density at radius 3 is 1.11 bits per heavy atom. The first-order valence-electron chi connectivity index (χ1n) is 15.7. The molecule has 0 aromatic rings. The van der Waals surface area contributed by atoms with Crippen molar-refractivity contribution in [3.8, 4) is 0 Å². The van der Waals surface area contributed by atoms with Crippen molar-refractivity contribution >= 4 is 10.1 Å². The fourth-order valence-corrected chi connectivity index (χ4v) is 6.13. The minimum atomic E-state index is -4.42. The molecule has 0 amide bonds. The van der Waals surface area contributed by atoms with Crippen LogP contribution in [-0.4, -0.2) is 60.6 Å². The van der Waals surface area contributed by atoms with Crippen LogP contribution < -0.4 is 0 Å². The van der Waals surface area contributed by atoms with Crippen molar-refractivity contribution in [1.29, 1.82) is 0 Å². The molecule has 1 atom stereocenters. The van der Waals surface area contributed by atoms with E-state index in [1.54, 1.807) is 0 Å². The van der Waals surface area contributed by atoms with E-state index in [9.17, 15) is 18.1 Å². The van der Waals surface area contributed by atoms with Crippen LogP contribution >= 0.6 is 0 Å². The molecule has 0 fully saturated rings. The zero-order valence-corrected chi connectivity index (χ0v) is 25.3. The molecule has 1 N–H and O–H groups in total. The van der Waals surface area contributed by atoms with Gasteiger partial charge < -0.3 is 14.1 Å². The minimum Gasteiger partial charge on any atom is -0.748 e. The lowest BCUT2D eigenvalue weighted by molar-refractivity contribution is -0.931. The predicted molar refractivity (Wildman–Crippen MR) is 154 cm³/mol. The molecule has 0 spiro atoms. The van der Waals surface area contributed by atoms with Crippen LogP contribution in [0.4, 0.5) is 0 Å². The molecule has 0 radical (unpaired) electrons. The van der Waals surface area contributed by atoms with Crippen LogP contribution in [0.25, 0.3) is 0 Å². The molecule has 218 valence electrons. The number of hydrogen-bond acceptors (Lipinski definition) is 4. The molecule has 0 aromatic heterocycles. The quantitative estimate of drug-likeness (QED) is 0.0628. The second-order valence-corrected chi connectivity index (χ2v) is 12.9. The summed E-state index contributed by atoms with van der Waals surface area (Å²) >= 11 is 0. The summed E-state index contributed by atoms with van der Waals surface area (Å²) in [5, 5.41) is 10.6. The Labute approximate surface area is 226 Å². The van der Waals surface area contributed by atoms with Crippen molar-refractivity contribution < 1.29 is 22.6 Å². The standard InChI is InChI=1S/C30H63NO4S/c1-4-7-10-13-16-19-22-25-31(28-30(32)29-36(33,34)35,26-23-20-17-14-11-8-5-2)27-24-21-18-15-12-9-6-3/h30,32H,4-29H2,1-3H3. The van der Waals surface area contributed by atoms with Gasteiger partial charge in [-0.1, -0.05) is 117 Å². The van der Waals surface area contributed by atoms with Crippen LogP contribution in [0, 0.1) is 0 Å². The third-order valence-electron chi connectivity index (χ3n) is 7.70. The molecule has 0 aliphatic heterocycles. The maximum absolute atomic E-state index is 11.4. The average Bonchev–Trinajstić information content (AvgIpc) is 2.81. The fourth-order valence-electron chi connectivity index (χ4n) is 5.56. The summed E-state index contributed by atoms with van der Waals surface area (Å²) in [5.74, 6) is -0.655. The monoisotopic (exact) mass is 533 g/mol. The van der Waals surface area contributed by atoms with Gasteiger partial charge in [-0.15, -0.1) is 0 Å². The number of rotatable bonds is 28. The van der Waals surface area contributed by atoms with Crippen molar-refractivity contribution in [3.05, 3.63) is 0 Å². The van der Waals surface area contributed by atoms with E-state index >= 15 is 0 Å². The van der Waals surface area contributed by atoms with Crippen LogP contribution in [-0.2, 0) is 10.1 Å². The van der Waals surface area contributed by atoms with Crippen molar-refractivity contribution in [2.75, 3.05) is 31.9 Å². The second-order valence-electron chi connectivity index (χ2n) is 11.4. The van der Waals surface area contributed by atoms with Gasteiger partial charge in [0.2, 0.25) is 0 Å². The van der Waals surface area contributed by atoms with Crippen molar-refractivity contribution in [1.82, 2.24) is 0 Å². The highest BCUT2D eigenvalue weighted by atomic mass is 32.2. The van der Waals surface area contributed by atoms with Gasteiger partial charge in [0.05, 0.1) is 35.5 Å². The molecule has 1 unspecified atom stereocenters. The van der Waals surface area contributed by atoms with Gasteiger partial charge in [0.15, 0.2) is 0 Å². The Balaban J connectivity index is 5.04. The molecule has 0 bridgehead atoms. The molecule has 0 heterocycles. The summed E-state index contributed by atoms with van der Waals surface area (Å²) in [6.07, 6.45) is 25.2. The molecule has 0 aliphatic rings. The number of nitrogens with zero attached hydrogens (tertiary/aromatic N) is 1. The number of aliphatic hydroxyl groups is 1. The number of unbranched alkanes of at least 4 members (excludes halogenated alkanes) is 18. The van der Waals surface area contributed by atoms with E-state index in [0.29, 0.717) is 6.54 Å². The summed E-state index contributed by atoms with van der Waals surface area (Å²) in [6, 6.07) is 0. The summed E-state index contributed by atoms with van der Waals surface area (Å²) < 4.78 is 34.9.